The summed E-state index contributed by atoms with van der Waals surface area (Å²) in [7, 11) is 0. The molecular weight excluding hydrogens is 258 g/mol. The predicted octanol–water partition coefficient (Wildman–Crippen LogP) is 2.09. The van der Waals surface area contributed by atoms with Gasteiger partial charge in [0.2, 0.25) is 0 Å². The van der Waals surface area contributed by atoms with Gasteiger partial charge in [0, 0.05) is 0 Å². The quantitative estimate of drug-likeness (QED) is 0.788. The van der Waals surface area contributed by atoms with Crippen molar-refractivity contribution < 1.29 is 19.4 Å². The summed E-state index contributed by atoms with van der Waals surface area (Å²) in [6, 6.07) is -0.246. The molecule has 114 valence electrons. The van der Waals surface area contributed by atoms with Gasteiger partial charge in [0.1, 0.15) is 5.60 Å². The molecule has 0 aromatic heterocycles. The van der Waals surface area contributed by atoms with Crippen molar-refractivity contribution in [1.82, 2.24) is 4.90 Å². The lowest BCUT2D eigenvalue weighted by atomic mass is 9.79. The fourth-order valence-corrected chi connectivity index (χ4v) is 3.12. The number of nitrogens with zero attached hydrogens (tertiary/aromatic N) is 1. The molecule has 2 fully saturated rings. The van der Waals surface area contributed by atoms with E-state index in [0.29, 0.717) is 32.5 Å². The second-order valence-electron chi connectivity index (χ2n) is 6.86. The van der Waals surface area contributed by atoms with Crippen LogP contribution < -0.4 is 0 Å². The largest absolute Gasteiger partial charge is 0.444 e. The van der Waals surface area contributed by atoms with Crippen LogP contribution in [0.15, 0.2) is 12.7 Å². The van der Waals surface area contributed by atoms with E-state index in [4.69, 9.17) is 9.47 Å². The summed E-state index contributed by atoms with van der Waals surface area (Å²) in [5, 5.41) is 10.6. The van der Waals surface area contributed by atoms with E-state index in [9.17, 15) is 9.90 Å². The van der Waals surface area contributed by atoms with E-state index in [-0.39, 0.29) is 18.2 Å². The Bertz CT molecular complexity index is 374. The van der Waals surface area contributed by atoms with Crippen LogP contribution >= 0.6 is 0 Å². The molecule has 5 nitrogen and oxygen atoms in total. The third-order valence-electron chi connectivity index (χ3n) is 3.77. The number of morpholine rings is 1. The zero-order valence-corrected chi connectivity index (χ0v) is 12.6. The molecule has 0 aromatic rings. The van der Waals surface area contributed by atoms with Crippen LogP contribution in [0.5, 0.6) is 0 Å². The molecule has 0 aromatic carbocycles. The highest BCUT2D eigenvalue weighted by atomic mass is 16.6. The molecule has 2 bridgehead atoms. The number of piperidine rings is 1. The second-order valence-corrected chi connectivity index (χ2v) is 6.86. The molecule has 2 saturated heterocycles. The second kappa shape index (κ2) is 5.37. The Kier molecular flexibility index (Phi) is 4.12. The summed E-state index contributed by atoms with van der Waals surface area (Å²) in [6.45, 7) is 10.2. The molecule has 1 amide bonds. The number of carbonyl (C=O) groups is 1. The van der Waals surface area contributed by atoms with Gasteiger partial charge in [-0.3, -0.25) is 4.90 Å². The molecule has 2 heterocycles. The summed E-state index contributed by atoms with van der Waals surface area (Å²) in [4.78, 5) is 14.1. The molecule has 2 atom stereocenters. The van der Waals surface area contributed by atoms with Crippen molar-refractivity contribution in [3.8, 4) is 0 Å². The molecule has 5 heteroatoms. The number of hydrogen-bond acceptors (Lipinski definition) is 4. The summed E-state index contributed by atoms with van der Waals surface area (Å²) in [6.07, 6.45) is 2.99. The van der Waals surface area contributed by atoms with E-state index in [0.717, 1.165) is 0 Å². The van der Waals surface area contributed by atoms with Gasteiger partial charge in [-0.05, 0) is 40.0 Å². The van der Waals surface area contributed by atoms with Crippen LogP contribution in [0.2, 0.25) is 0 Å². The molecule has 20 heavy (non-hydrogen) atoms. The molecule has 2 rings (SSSR count). The molecule has 0 aliphatic carbocycles. The van der Waals surface area contributed by atoms with Crippen molar-refractivity contribution in [3.63, 3.8) is 0 Å². The van der Waals surface area contributed by atoms with Gasteiger partial charge in [0.05, 0.1) is 30.9 Å². The smallest absolute Gasteiger partial charge is 0.410 e. The number of rotatable bonds is 2. The molecule has 2 aliphatic rings. The molecular formula is C15H25NO4. The van der Waals surface area contributed by atoms with Crippen molar-refractivity contribution >= 4 is 6.09 Å². The summed E-state index contributed by atoms with van der Waals surface area (Å²) >= 11 is 0. The van der Waals surface area contributed by atoms with E-state index in [1.807, 2.05) is 20.8 Å². The van der Waals surface area contributed by atoms with Crippen LogP contribution in [-0.4, -0.2) is 52.6 Å². The van der Waals surface area contributed by atoms with Gasteiger partial charge >= 0.3 is 6.09 Å². The molecule has 2 unspecified atom stereocenters. The summed E-state index contributed by atoms with van der Waals surface area (Å²) < 4.78 is 11.0. The van der Waals surface area contributed by atoms with Gasteiger partial charge in [-0.15, -0.1) is 6.58 Å². The SMILES string of the molecule is C=CCC1(O)CC2COCC(C1)N2C(=O)OC(C)(C)C. The van der Waals surface area contributed by atoms with Crippen LogP contribution in [0.4, 0.5) is 4.79 Å². The molecule has 1 N–H and O–H groups in total. The first-order valence-corrected chi connectivity index (χ1v) is 7.16. The van der Waals surface area contributed by atoms with Gasteiger partial charge in [-0.1, -0.05) is 6.08 Å². The van der Waals surface area contributed by atoms with Crippen LogP contribution in [0.1, 0.15) is 40.0 Å². The first-order chi connectivity index (χ1) is 9.24. The van der Waals surface area contributed by atoms with E-state index in [1.54, 1.807) is 11.0 Å². The first kappa shape index (κ1) is 15.3. The normalized spacial score (nSPS) is 33.7. The highest BCUT2D eigenvalue weighted by Gasteiger charge is 2.48. The topological polar surface area (TPSA) is 59.0 Å². The monoisotopic (exact) mass is 283 g/mol. The maximum atomic E-state index is 12.3. The Hall–Kier alpha value is -1.07. The third kappa shape index (κ3) is 3.33. The number of fused-ring (bicyclic) bond motifs is 2. The van der Waals surface area contributed by atoms with E-state index < -0.39 is 11.2 Å². The Morgan fingerprint density at radius 3 is 2.45 bits per heavy atom. The standard InChI is InChI=1S/C15H25NO4/c1-5-6-15(18)7-11-9-19-10-12(8-15)16(11)13(17)20-14(2,3)4/h5,11-12,18H,1,6-10H2,2-4H3. The fraction of sp³-hybridized carbons (Fsp3) is 0.800. The lowest BCUT2D eigenvalue weighted by molar-refractivity contribution is -0.136. The van der Waals surface area contributed by atoms with Gasteiger partial charge in [-0.2, -0.15) is 0 Å². The molecule has 0 spiro atoms. The van der Waals surface area contributed by atoms with E-state index in [2.05, 4.69) is 6.58 Å². The minimum Gasteiger partial charge on any atom is -0.444 e. The number of aliphatic hydroxyl groups is 1. The number of hydrogen-bond donors (Lipinski definition) is 1. The number of ether oxygens (including phenoxy) is 2. The van der Waals surface area contributed by atoms with Crippen LogP contribution in [0.3, 0.4) is 0 Å². The third-order valence-corrected chi connectivity index (χ3v) is 3.77. The molecule has 0 saturated carbocycles. The zero-order chi connectivity index (χ0) is 15.0. The van der Waals surface area contributed by atoms with E-state index >= 15 is 0 Å². The van der Waals surface area contributed by atoms with Gasteiger partial charge in [0.25, 0.3) is 0 Å². The summed E-state index contributed by atoms with van der Waals surface area (Å²) in [5.74, 6) is 0. The van der Waals surface area contributed by atoms with Crippen LogP contribution in [0, 0.1) is 0 Å². The zero-order valence-electron chi connectivity index (χ0n) is 12.6. The van der Waals surface area contributed by atoms with Crippen molar-refractivity contribution in [2.45, 2.75) is 63.3 Å². The minimum absolute atomic E-state index is 0.123. The van der Waals surface area contributed by atoms with Gasteiger partial charge in [0.15, 0.2) is 0 Å². The summed E-state index contributed by atoms with van der Waals surface area (Å²) in [5.41, 5.74) is -1.29. The Morgan fingerprint density at radius 2 is 2.00 bits per heavy atom. The molecule has 0 radical (unpaired) electrons. The predicted molar refractivity (Wildman–Crippen MR) is 75.5 cm³/mol. The fourth-order valence-electron chi connectivity index (χ4n) is 3.12. The van der Waals surface area contributed by atoms with Crippen LogP contribution in [0.25, 0.3) is 0 Å². The number of amides is 1. The van der Waals surface area contributed by atoms with Crippen molar-refractivity contribution in [2.24, 2.45) is 0 Å². The lowest BCUT2D eigenvalue weighted by Crippen LogP contribution is -2.63. The Balaban J connectivity index is 2.12. The van der Waals surface area contributed by atoms with Crippen molar-refractivity contribution in [3.05, 3.63) is 12.7 Å². The minimum atomic E-state index is -0.778. The van der Waals surface area contributed by atoms with Crippen molar-refractivity contribution in [1.29, 1.82) is 0 Å². The van der Waals surface area contributed by atoms with Crippen LogP contribution in [-0.2, 0) is 9.47 Å². The van der Waals surface area contributed by atoms with E-state index in [1.165, 1.54) is 0 Å². The maximum Gasteiger partial charge on any atom is 0.410 e. The Labute approximate surface area is 120 Å². The van der Waals surface area contributed by atoms with Gasteiger partial charge < -0.3 is 14.6 Å². The highest BCUT2D eigenvalue weighted by Crippen LogP contribution is 2.37. The average Bonchev–Trinajstić information content (AvgIpc) is 2.24. The highest BCUT2D eigenvalue weighted by molar-refractivity contribution is 5.69. The molecule has 2 aliphatic heterocycles. The first-order valence-electron chi connectivity index (χ1n) is 7.16. The average molecular weight is 283 g/mol. The maximum absolute atomic E-state index is 12.3. The Morgan fingerprint density at radius 1 is 1.45 bits per heavy atom. The lowest BCUT2D eigenvalue weighted by Gasteiger charge is -2.51. The number of carbonyl (C=O) groups excluding carboxylic acids is 1. The van der Waals surface area contributed by atoms with Gasteiger partial charge in [-0.25, -0.2) is 4.79 Å². The van der Waals surface area contributed by atoms with Crippen molar-refractivity contribution in [2.75, 3.05) is 13.2 Å².